The molecule has 0 saturated carbocycles. The van der Waals surface area contributed by atoms with Crippen LogP contribution in [0.15, 0.2) is 70.1 Å². The van der Waals surface area contributed by atoms with E-state index in [1.54, 1.807) is 17.0 Å². The molecule has 2 aromatic carbocycles. The van der Waals surface area contributed by atoms with Crippen molar-refractivity contribution in [3.8, 4) is 5.75 Å². The van der Waals surface area contributed by atoms with E-state index < -0.39 is 5.97 Å². The average Bonchev–Trinajstić information content (AvgIpc) is 3.02. The van der Waals surface area contributed by atoms with Crippen LogP contribution < -0.4 is 4.74 Å². The second-order valence-electron chi connectivity index (χ2n) is 6.45. The minimum Gasteiger partial charge on any atom is -0.488 e. The maximum Gasteiger partial charge on any atom is 0.335 e. The van der Waals surface area contributed by atoms with Crippen LogP contribution in [-0.4, -0.2) is 40.2 Å². The SMILES string of the molecule is CCN1C(=O)/C(=C/C2=Cc3ccccc3OC2)SC1=Nc1ccc(C(=O)O)cc1. The van der Waals surface area contributed by atoms with Crippen molar-refractivity contribution in [3.63, 3.8) is 0 Å². The zero-order valence-corrected chi connectivity index (χ0v) is 16.5. The Morgan fingerprint density at radius 1 is 1.24 bits per heavy atom. The number of amidine groups is 1. The van der Waals surface area contributed by atoms with E-state index in [4.69, 9.17) is 9.84 Å². The van der Waals surface area contributed by atoms with Crippen LogP contribution in [0, 0.1) is 0 Å². The number of para-hydroxylation sites is 1. The molecule has 0 unspecified atom stereocenters. The molecule has 146 valence electrons. The number of likely N-dealkylation sites (N-methyl/N-ethyl adjacent to an activating group) is 1. The highest BCUT2D eigenvalue weighted by Crippen LogP contribution is 2.35. The number of amides is 1. The van der Waals surface area contributed by atoms with Crippen molar-refractivity contribution >= 4 is 40.6 Å². The molecule has 2 aromatic rings. The van der Waals surface area contributed by atoms with Crippen molar-refractivity contribution in [1.82, 2.24) is 4.90 Å². The van der Waals surface area contributed by atoms with Crippen molar-refractivity contribution in [1.29, 1.82) is 0 Å². The first-order chi connectivity index (χ1) is 14.0. The summed E-state index contributed by atoms with van der Waals surface area (Å²) < 4.78 is 5.76. The molecule has 4 rings (SSSR count). The Morgan fingerprint density at radius 3 is 2.72 bits per heavy atom. The zero-order valence-electron chi connectivity index (χ0n) is 15.7. The molecule has 1 N–H and O–H groups in total. The highest BCUT2D eigenvalue weighted by molar-refractivity contribution is 8.18. The van der Waals surface area contributed by atoms with Gasteiger partial charge in [0.2, 0.25) is 0 Å². The third-order valence-electron chi connectivity index (χ3n) is 4.51. The number of benzene rings is 2. The van der Waals surface area contributed by atoms with Crippen LogP contribution >= 0.6 is 11.8 Å². The van der Waals surface area contributed by atoms with Crippen LogP contribution in [0.3, 0.4) is 0 Å². The lowest BCUT2D eigenvalue weighted by Crippen LogP contribution is -2.28. The Kier molecular flexibility index (Phi) is 5.22. The molecule has 0 aliphatic carbocycles. The standard InChI is InChI=1S/C22H18N2O4S/c1-2-24-20(25)19(12-14-11-16-5-3-4-6-18(16)28-13-14)29-22(24)23-17-9-7-15(8-10-17)21(26)27/h3-12H,2,13H2,1H3,(H,26,27)/b19-12-,23-22?. The normalized spacial score (nSPS) is 18.6. The number of nitrogens with zero attached hydrogens (tertiary/aromatic N) is 2. The molecule has 2 heterocycles. The highest BCUT2D eigenvalue weighted by atomic mass is 32.2. The molecule has 29 heavy (non-hydrogen) atoms. The van der Waals surface area contributed by atoms with E-state index in [1.807, 2.05) is 43.3 Å². The molecule has 2 aliphatic rings. The lowest BCUT2D eigenvalue weighted by Gasteiger charge is -2.16. The van der Waals surface area contributed by atoms with Gasteiger partial charge in [0.05, 0.1) is 16.2 Å². The van der Waals surface area contributed by atoms with Gasteiger partial charge in [0, 0.05) is 12.1 Å². The fourth-order valence-corrected chi connectivity index (χ4v) is 4.12. The summed E-state index contributed by atoms with van der Waals surface area (Å²) in [6, 6.07) is 14.0. The number of carbonyl (C=O) groups excluding carboxylic acids is 1. The predicted octanol–water partition coefficient (Wildman–Crippen LogP) is 4.33. The third-order valence-corrected chi connectivity index (χ3v) is 5.52. The molecule has 7 heteroatoms. The number of thioether (sulfide) groups is 1. The second kappa shape index (κ2) is 7.97. The topological polar surface area (TPSA) is 79.2 Å². The van der Waals surface area contributed by atoms with Gasteiger partial charge in [0.25, 0.3) is 5.91 Å². The summed E-state index contributed by atoms with van der Waals surface area (Å²) in [5.41, 5.74) is 2.70. The van der Waals surface area contributed by atoms with Gasteiger partial charge < -0.3 is 9.84 Å². The molecule has 0 aromatic heterocycles. The van der Waals surface area contributed by atoms with Crippen LogP contribution in [0.2, 0.25) is 0 Å². The summed E-state index contributed by atoms with van der Waals surface area (Å²) >= 11 is 1.31. The Bertz CT molecular complexity index is 1070. The molecule has 1 amide bonds. The maximum atomic E-state index is 12.8. The molecule has 0 spiro atoms. The van der Waals surface area contributed by atoms with Gasteiger partial charge in [0.15, 0.2) is 5.17 Å². The summed E-state index contributed by atoms with van der Waals surface area (Å²) in [6.07, 6.45) is 3.87. The third kappa shape index (κ3) is 3.95. The van der Waals surface area contributed by atoms with Crippen molar-refractivity contribution in [2.24, 2.45) is 4.99 Å². The number of rotatable bonds is 4. The lowest BCUT2D eigenvalue weighted by atomic mass is 10.1. The number of hydrogen-bond donors (Lipinski definition) is 1. The van der Waals surface area contributed by atoms with E-state index >= 15 is 0 Å². The van der Waals surface area contributed by atoms with Gasteiger partial charge in [-0.3, -0.25) is 9.69 Å². The van der Waals surface area contributed by atoms with Crippen LogP contribution in [0.5, 0.6) is 5.75 Å². The van der Waals surface area contributed by atoms with Gasteiger partial charge in [-0.25, -0.2) is 9.79 Å². The summed E-state index contributed by atoms with van der Waals surface area (Å²) in [6.45, 7) is 2.79. The van der Waals surface area contributed by atoms with Crippen molar-refractivity contribution in [2.45, 2.75) is 6.92 Å². The van der Waals surface area contributed by atoms with E-state index in [-0.39, 0.29) is 11.5 Å². The number of ether oxygens (including phenoxy) is 1. The Labute approximate surface area is 172 Å². The van der Waals surface area contributed by atoms with E-state index in [2.05, 4.69) is 4.99 Å². The quantitative estimate of drug-likeness (QED) is 0.765. The van der Waals surface area contributed by atoms with Crippen molar-refractivity contribution < 1.29 is 19.4 Å². The van der Waals surface area contributed by atoms with Crippen molar-refractivity contribution in [2.75, 3.05) is 13.2 Å². The van der Waals surface area contributed by atoms with Gasteiger partial charge in [-0.1, -0.05) is 18.2 Å². The van der Waals surface area contributed by atoms with Gasteiger partial charge >= 0.3 is 5.97 Å². The summed E-state index contributed by atoms with van der Waals surface area (Å²) in [5, 5.41) is 9.58. The maximum absolute atomic E-state index is 12.8. The highest BCUT2D eigenvalue weighted by Gasteiger charge is 2.32. The molecular weight excluding hydrogens is 388 g/mol. The van der Waals surface area contributed by atoms with Gasteiger partial charge in [0.1, 0.15) is 12.4 Å². The minimum atomic E-state index is -0.987. The average molecular weight is 406 g/mol. The molecule has 0 atom stereocenters. The van der Waals surface area contributed by atoms with Gasteiger partial charge in [-0.15, -0.1) is 0 Å². The molecule has 1 saturated heterocycles. The number of fused-ring (bicyclic) bond motifs is 1. The second-order valence-corrected chi connectivity index (χ2v) is 7.46. The van der Waals surface area contributed by atoms with Crippen LogP contribution in [0.25, 0.3) is 6.08 Å². The molecule has 6 nitrogen and oxygen atoms in total. The Balaban J connectivity index is 1.61. The number of carbonyl (C=O) groups is 2. The number of hydrogen-bond acceptors (Lipinski definition) is 5. The first-order valence-corrected chi connectivity index (χ1v) is 9.92. The molecule has 1 fully saturated rings. The fraction of sp³-hybridized carbons (Fsp3) is 0.136. The first kappa shape index (κ1) is 19.0. The molecule has 0 bridgehead atoms. The molecule has 0 radical (unpaired) electrons. The van der Waals surface area contributed by atoms with E-state index in [0.29, 0.717) is 28.9 Å². The van der Waals surface area contributed by atoms with Gasteiger partial charge in [-0.05, 0) is 66.7 Å². The predicted molar refractivity (Wildman–Crippen MR) is 113 cm³/mol. The van der Waals surface area contributed by atoms with Crippen LogP contribution in [-0.2, 0) is 4.79 Å². The first-order valence-electron chi connectivity index (χ1n) is 9.11. The van der Waals surface area contributed by atoms with Crippen LogP contribution in [0.4, 0.5) is 5.69 Å². The molecule has 2 aliphatic heterocycles. The Morgan fingerprint density at radius 2 is 2.00 bits per heavy atom. The largest absolute Gasteiger partial charge is 0.488 e. The summed E-state index contributed by atoms with van der Waals surface area (Å²) in [5.74, 6) is -0.250. The van der Waals surface area contributed by atoms with E-state index in [9.17, 15) is 9.59 Å². The lowest BCUT2D eigenvalue weighted by molar-refractivity contribution is -0.122. The summed E-state index contributed by atoms with van der Waals surface area (Å²) in [4.78, 5) is 30.5. The molecular formula is C22H18N2O4S. The van der Waals surface area contributed by atoms with Crippen LogP contribution in [0.1, 0.15) is 22.8 Å². The smallest absolute Gasteiger partial charge is 0.335 e. The number of aromatic carboxylic acids is 1. The van der Waals surface area contributed by atoms with Crippen molar-refractivity contribution in [3.05, 3.63) is 76.2 Å². The number of carboxylic acid groups (broad SMARTS) is 1. The number of aliphatic imine (C=N–C) groups is 1. The summed E-state index contributed by atoms with van der Waals surface area (Å²) in [7, 11) is 0. The zero-order chi connectivity index (χ0) is 20.4. The monoisotopic (exact) mass is 406 g/mol. The van der Waals surface area contributed by atoms with E-state index in [1.165, 1.54) is 23.9 Å². The van der Waals surface area contributed by atoms with E-state index in [0.717, 1.165) is 16.9 Å². The fourth-order valence-electron chi connectivity index (χ4n) is 3.04. The Hall–Kier alpha value is -3.32. The number of carboxylic acids is 1. The minimum absolute atomic E-state index is 0.0989. The van der Waals surface area contributed by atoms with Gasteiger partial charge in [-0.2, -0.15) is 0 Å².